The number of carbonyl (C=O) groups excluding carboxylic acids is 2. The highest BCUT2D eigenvalue weighted by atomic mass is 32.1. The average Bonchev–Trinajstić information content (AvgIpc) is 3.31. The Morgan fingerprint density at radius 1 is 1.06 bits per heavy atom. The van der Waals surface area contributed by atoms with Crippen LogP contribution in [0.15, 0.2) is 47.0 Å². The van der Waals surface area contributed by atoms with Gasteiger partial charge in [-0.05, 0) is 38.5 Å². The fourth-order valence-electron chi connectivity index (χ4n) is 3.41. The summed E-state index contributed by atoms with van der Waals surface area (Å²) in [5.74, 6) is -0.645. The maximum Gasteiger partial charge on any atom is 0.259 e. The Balaban J connectivity index is 1.53. The molecule has 3 aromatic heterocycles. The van der Waals surface area contributed by atoms with Crippen LogP contribution in [0, 0.1) is 20.8 Å². The van der Waals surface area contributed by atoms with Crippen LogP contribution in [-0.2, 0) is 11.3 Å². The molecule has 0 aliphatic rings. The van der Waals surface area contributed by atoms with Crippen molar-refractivity contribution in [2.24, 2.45) is 0 Å². The first-order valence-electron chi connectivity index (χ1n) is 9.85. The highest BCUT2D eigenvalue weighted by Crippen LogP contribution is 2.32. The molecule has 1 aromatic carbocycles. The van der Waals surface area contributed by atoms with Gasteiger partial charge in [-0.15, -0.1) is 11.3 Å². The summed E-state index contributed by atoms with van der Waals surface area (Å²) >= 11 is 1.67. The van der Waals surface area contributed by atoms with E-state index in [1.165, 1.54) is 0 Å². The minimum absolute atomic E-state index is 0.133. The van der Waals surface area contributed by atoms with E-state index in [0.717, 1.165) is 20.9 Å². The van der Waals surface area contributed by atoms with Crippen LogP contribution in [0.3, 0.4) is 0 Å². The molecule has 4 aromatic rings. The summed E-state index contributed by atoms with van der Waals surface area (Å²) in [6.45, 7) is 6.07. The Morgan fingerprint density at radius 2 is 1.84 bits per heavy atom. The van der Waals surface area contributed by atoms with Crippen molar-refractivity contribution >= 4 is 34.3 Å². The third-order valence-corrected chi connectivity index (χ3v) is 5.89. The molecule has 0 aliphatic carbocycles. The summed E-state index contributed by atoms with van der Waals surface area (Å²) in [6.07, 6.45) is 0. The number of aryl methyl sites for hydroxylation is 3. The molecule has 7 nitrogen and oxygen atoms in total. The van der Waals surface area contributed by atoms with Crippen molar-refractivity contribution in [2.75, 3.05) is 6.54 Å². The van der Waals surface area contributed by atoms with E-state index >= 15 is 0 Å². The van der Waals surface area contributed by atoms with Crippen LogP contribution in [0.1, 0.15) is 31.4 Å². The lowest BCUT2D eigenvalue weighted by atomic mass is 10.1. The van der Waals surface area contributed by atoms with Gasteiger partial charge in [-0.1, -0.05) is 35.5 Å². The lowest BCUT2D eigenvalue weighted by Gasteiger charge is -2.09. The lowest BCUT2D eigenvalue weighted by Crippen LogP contribution is -2.36. The van der Waals surface area contributed by atoms with E-state index in [1.54, 1.807) is 24.3 Å². The molecule has 8 heteroatoms. The maximum absolute atomic E-state index is 13.0. The van der Waals surface area contributed by atoms with E-state index in [0.29, 0.717) is 34.6 Å². The van der Waals surface area contributed by atoms with Crippen molar-refractivity contribution in [1.82, 2.24) is 20.8 Å². The Labute approximate surface area is 183 Å². The molecular weight excluding hydrogens is 412 g/mol. The fraction of sp³-hybridized carbons (Fsp3) is 0.217. The number of carbonyl (C=O) groups is 2. The molecule has 4 rings (SSSR count). The van der Waals surface area contributed by atoms with Gasteiger partial charge in [0.2, 0.25) is 5.91 Å². The predicted octanol–water partition coefficient (Wildman–Crippen LogP) is 3.92. The minimum atomic E-state index is -0.376. The summed E-state index contributed by atoms with van der Waals surface area (Å²) in [5, 5.41) is 10.0. The number of hydrogen-bond acceptors (Lipinski definition) is 6. The molecule has 0 fully saturated rings. The Kier molecular flexibility index (Phi) is 5.81. The van der Waals surface area contributed by atoms with Gasteiger partial charge >= 0.3 is 0 Å². The van der Waals surface area contributed by atoms with Crippen LogP contribution in [0.25, 0.3) is 22.4 Å². The number of amides is 2. The molecule has 0 bridgehead atoms. The van der Waals surface area contributed by atoms with Crippen molar-refractivity contribution in [1.29, 1.82) is 0 Å². The predicted molar refractivity (Wildman–Crippen MR) is 120 cm³/mol. The van der Waals surface area contributed by atoms with Gasteiger partial charge in [-0.25, -0.2) is 4.98 Å². The summed E-state index contributed by atoms with van der Waals surface area (Å²) in [4.78, 5) is 32.0. The highest BCUT2D eigenvalue weighted by Gasteiger charge is 2.21. The summed E-state index contributed by atoms with van der Waals surface area (Å²) < 4.78 is 5.34. The number of hydrogen-bond donors (Lipinski definition) is 2. The second-order valence-corrected chi connectivity index (χ2v) is 8.74. The van der Waals surface area contributed by atoms with E-state index in [1.807, 2.05) is 50.2 Å². The SMILES string of the molecule is Cc1cc(-c2cc(C(=O)NCC(=O)NCc3ccccc3)c3c(C)noc3n2)c(C)s1. The van der Waals surface area contributed by atoms with Gasteiger partial charge in [0.15, 0.2) is 0 Å². The first-order valence-corrected chi connectivity index (χ1v) is 10.7. The van der Waals surface area contributed by atoms with Crippen molar-refractivity contribution in [3.8, 4) is 11.3 Å². The standard InChI is InChI=1S/C23H22N4O3S/c1-13-9-17(15(3)31-13)19-10-18(21-14(2)27-30-23(21)26-19)22(29)25-12-20(28)24-11-16-7-5-4-6-8-16/h4-10H,11-12H2,1-3H3,(H,24,28)(H,25,29). The molecule has 2 amide bonds. The molecule has 0 aliphatic heterocycles. The molecule has 0 radical (unpaired) electrons. The zero-order valence-corrected chi connectivity index (χ0v) is 18.3. The summed E-state index contributed by atoms with van der Waals surface area (Å²) in [7, 11) is 0. The number of aromatic nitrogens is 2. The first kappa shape index (κ1) is 20.7. The van der Waals surface area contributed by atoms with Crippen LogP contribution >= 0.6 is 11.3 Å². The largest absolute Gasteiger partial charge is 0.350 e. The van der Waals surface area contributed by atoms with Gasteiger partial charge in [0.25, 0.3) is 11.6 Å². The van der Waals surface area contributed by atoms with Gasteiger partial charge in [-0.3, -0.25) is 9.59 Å². The number of fused-ring (bicyclic) bond motifs is 1. The van der Waals surface area contributed by atoms with Gasteiger partial charge < -0.3 is 15.2 Å². The third-order valence-electron chi connectivity index (χ3n) is 4.92. The van der Waals surface area contributed by atoms with E-state index < -0.39 is 0 Å². The number of thiophene rings is 1. The molecule has 0 saturated carbocycles. The van der Waals surface area contributed by atoms with Crippen LogP contribution in [0.2, 0.25) is 0 Å². The smallest absolute Gasteiger partial charge is 0.259 e. The molecule has 0 unspecified atom stereocenters. The van der Waals surface area contributed by atoms with Gasteiger partial charge in [0.05, 0.1) is 28.9 Å². The highest BCUT2D eigenvalue weighted by molar-refractivity contribution is 7.12. The van der Waals surface area contributed by atoms with Gasteiger partial charge in [0, 0.05) is 21.9 Å². The van der Waals surface area contributed by atoms with E-state index in [2.05, 4.69) is 20.8 Å². The number of benzene rings is 1. The molecule has 3 heterocycles. The van der Waals surface area contributed by atoms with E-state index in [4.69, 9.17) is 4.52 Å². The molecule has 2 N–H and O–H groups in total. The lowest BCUT2D eigenvalue weighted by molar-refractivity contribution is -0.120. The second kappa shape index (κ2) is 8.69. The molecular formula is C23H22N4O3S. The first-order chi connectivity index (χ1) is 14.9. The third kappa shape index (κ3) is 4.49. The van der Waals surface area contributed by atoms with Crippen LogP contribution < -0.4 is 10.6 Å². The monoisotopic (exact) mass is 434 g/mol. The topological polar surface area (TPSA) is 97.1 Å². The van der Waals surface area contributed by atoms with E-state index in [9.17, 15) is 9.59 Å². The Bertz CT molecular complexity index is 1260. The number of pyridine rings is 1. The van der Waals surface area contributed by atoms with Gasteiger partial charge in [0.1, 0.15) is 0 Å². The molecule has 0 spiro atoms. The van der Waals surface area contributed by atoms with Crippen molar-refractivity contribution in [2.45, 2.75) is 27.3 Å². The molecule has 31 heavy (non-hydrogen) atoms. The quantitative estimate of drug-likeness (QED) is 0.479. The van der Waals surface area contributed by atoms with Crippen molar-refractivity contribution < 1.29 is 14.1 Å². The molecule has 0 saturated heterocycles. The van der Waals surface area contributed by atoms with Crippen LogP contribution in [-0.4, -0.2) is 28.5 Å². The fourth-order valence-corrected chi connectivity index (χ4v) is 4.34. The van der Waals surface area contributed by atoms with Gasteiger partial charge in [-0.2, -0.15) is 0 Å². The zero-order chi connectivity index (χ0) is 22.0. The number of nitrogens with zero attached hydrogens (tertiary/aromatic N) is 2. The summed E-state index contributed by atoms with van der Waals surface area (Å²) in [6, 6.07) is 13.4. The van der Waals surface area contributed by atoms with Crippen molar-refractivity contribution in [3.05, 3.63) is 69.0 Å². The zero-order valence-electron chi connectivity index (χ0n) is 17.5. The van der Waals surface area contributed by atoms with Crippen LogP contribution in [0.4, 0.5) is 0 Å². The Hall–Kier alpha value is -3.52. The number of nitrogens with one attached hydrogen (secondary N) is 2. The second-order valence-electron chi connectivity index (χ2n) is 7.28. The van der Waals surface area contributed by atoms with Crippen LogP contribution in [0.5, 0.6) is 0 Å². The minimum Gasteiger partial charge on any atom is -0.350 e. The summed E-state index contributed by atoms with van der Waals surface area (Å²) in [5.41, 5.74) is 3.85. The van der Waals surface area contributed by atoms with Crippen molar-refractivity contribution in [3.63, 3.8) is 0 Å². The van der Waals surface area contributed by atoms with E-state index in [-0.39, 0.29) is 18.4 Å². The normalized spacial score (nSPS) is 10.9. The number of rotatable bonds is 6. The molecule has 0 atom stereocenters. The molecule has 158 valence electrons. The Morgan fingerprint density at radius 3 is 2.55 bits per heavy atom. The average molecular weight is 435 g/mol. The maximum atomic E-state index is 13.0.